The summed E-state index contributed by atoms with van der Waals surface area (Å²) in [5, 5.41) is 9.56. The molecule has 0 unspecified atom stereocenters. The molecule has 0 spiro atoms. The van der Waals surface area contributed by atoms with Crippen LogP contribution in [0.1, 0.15) is 17.8 Å². The predicted molar refractivity (Wildman–Crippen MR) is 58.2 cm³/mol. The fraction of sp³-hybridized carbons (Fsp3) is 0.273. The molecule has 0 atom stereocenters. The Morgan fingerprint density at radius 3 is 3.00 bits per heavy atom. The van der Waals surface area contributed by atoms with E-state index in [4.69, 9.17) is 5.26 Å². The number of rotatable bonds is 3. The molecule has 2 nitrogen and oxygen atoms in total. The first-order chi connectivity index (χ1) is 6.90. The number of hydrogen-bond acceptors (Lipinski definition) is 3. The van der Waals surface area contributed by atoms with Crippen molar-refractivity contribution < 1.29 is 0 Å². The molecule has 0 radical (unpaired) electrons. The van der Waals surface area contributed by atoms with Crippen LogP contribution in [0.25, 0.3) is 10.2 Å². The third-order valence-electron chi connectivity index (χ3n) is 2.02. The summed E-state index contributed by atoms with van der Waals surface area (Å²) in [5.74, 6) is 0. The van der Waals surface area contributed by atoms with Crippen LogP contribution in [-0.4, -0.2) is 4.98 Å². The van der Waals surface area contributed by atoms with Crippen molar-refractivity contribution in [3.8, 4) is 6.07 Å². The Labute approximate surface area is 86.8 Å². The standard InChI is InChI=1S/C11H10N2S/c12-8-4-3-7-11-13-9-5-1-2-6-10(9)14-11/h1-2,5-6H,3-4,7H2. The lowest BCUT2D eigenvalue weighted by Gasteiger charge is -1.88. The highest BCUT2D eigenvalue weighted by Gasteiger charge is 2.01. The number of aryl methyl sites for hydroxylation is 1. The maximum Gasteiger partial charge on any atom is 0.0938 e. The van der Waals surface area contributed by atoms with E-state index < -0.39 is 0 Å². The number of aromatic nitrogens is 1. The molecule has 0 fully saturated rings. The third kappa shape index (κ3) is 1.91. The van der Waals surface area contributed by atoms with Gasteiger partial charge >= 0.3 is 0 Å². The quantitative estimate of drug-likeness (QED) is 0.717. The highest BCUT2D eigenvalue weighted by molar-refractivity contribution is 7.18. The van der Waals surface area contributed by atoms with Crippen LogP contribution in [0.5, 0.6) is 0 Å². The maximum absolute atomic E-state index is 8.42. The zero-order chi connectivity index (χ0) is 9.80. The van der Waals surface area contributed by atoms with Crippen molar-refractivity contribution in [1.82, 2.24) is 4.98 Å². The van der Waals surface area contributed by atoms with Gasteiger partial charge in [0.15, 0.2) is 0 Å². The van der Waals surface area contributed by atoms with Gasteiger partial charge in [-0.1, -0.05) is 12.1 Å². The number of benzene rings is 1. The minimum Gasteiger partial charge on any atom is -0.241 e. The zero-order valence-corrected chi connectivity index (χ0v) is 8.55. The maximum atomic E-state index is 8.42. The summed E-state index contributed by atoms with van der Waals surface area (Å²) < 4.78 is 1.24. The molecule has 0 aliphatic carbocycles. The van der Waals surface area contributed by atoms with E-state index in [0.717, 1.165) is 23.4 Å². The second-order valence-electron chi connectivity index (χ2n) is 3.09. The summed E-state index contributed by atoms with van der Waals surface area (Å²) in [7, 11) is 0. The molecule has 2 aromatic rings. The van der Waals surface area contributed by atoms with Crippen LogP contribution in [0, 0.1) is 11.3 Å². The number of fused-ring (bicyclic) bond motifs is 1. The molecule has 0 aliphatic heterocycles. The summed E-state index contributed by atoms with van der Waals surface area (Å²) in [6, 6.07) is 10.3. The van der Waals surface area contributed by atoms with E-state index in [-0.39, 0.29) is 0 Å². The number of hydrogen-bond donors (Lipinski definition) is 0. The molecule has 14 heavy (non-hydrogen) atoms. The van der Waals surface area contributed by atoms with Crippen molar-refractivity contribution >= 4 is 21.6 Å². The fourth-order valence-electron chi connectivity index (χ4n) is 1.35. The lowest BCUT2D eigenvalue weighted by molar-refractivity contribution is 0.845. The van der Waals surface area contributed by atoms with Crippen LogP contribution in [0.3, 0.4) is 0 Å². The summed E-state index contributed by atoms with van der Waals surface area (Å²) in [6.45, 7) is 0. The van der Waals surface area contributed by atoms with Gasteiger partial charge < -0.3 is 0 Å². The van der Waals surface area contributed by atoms with Gasteiger partial charge in [0, 0.05) is 12.8 Å². The largest absolute Gasteiger partial charge is 0.241 e. The number of nitriles is 1. The Balaban J connectivity index is 2.15. The van der Waals surface area contributed by atoms with Gasteiger partial charge in [-0.15, -0.1) is 11.3 Å². The molecule has 1 aromatic carbocycles. The van der Waals surface area contributed by atoms with Gasteiger partial charge in [0.2, 0.25) is 0 Å². The van der Waals surface area contributed by atoms with E-state index in [0.29, 0.717) is 6.42 Å². The molecule has 0 saturated heterocycles. The Bertz CT molecular complexity index is 434. The molecular formula is C11H10N2S. The summed E-state index contributed by atoms with van der Waals surface area (Å²) >= 11 is 1.73. The van der Waals surface area contributed by atoms with E-state index >= 15 is 0 Å². The van der Waals surface area contributed by atoms with Crippen LogP contribution in [0.2, 0.25) is 0 Å². The summed E-state index contributed by atoms with van der Waals surface area (Å²) in [4.78, 5) is 4.49. The van der Waals surface area contributed by atoms with E-state index in [1.54, 1.807) is 11.3 Å². The van der Waals surface area contributed by atoms with Gasteiger partial charge in [0.1, 0.15) is 0 Å². The molecule has 0 bridgehead atoms. The van der Waals surface area contributed by atoms with Crippen LogP contribution in [0.4, 0.5) is 0 Å². The molecule has 3 heteroatoms. The van der Waals surface area contributed by atoms with Crippen LogP contribution in [-0.2, 0) is 6.42 Å². The zero-order valence-electron chi connectivity index (χ0n) is 7.73. The first-order valence-electron chi connectivity index (χ1n) is 4.61. The van der Waals surface area contributed by atoms with Gasteiger partial charge in [-0.25, -0.2) is 4.98 Å². The van der Waals surface area contributed by atoms with Crippen molar-refractivity contribution in [2.45, 2.75) is 19.3 Å². The molecule has 0 amide bonds. The summed E-state index contributed by atoms with van der Waals surface area (Å²) in [5.41, 5.74) is 1.07. The number of para-hydroxylation sites is 1. The number of unbranched alkanes of at least 4 members (excludes halogenated alkanes) is 1. The van der Waals surface area contributed by atoms with Crippen molar-refractivity contribution in [2.24, 2.45) is 0 Å². The van der Waals surface area contributed by atoms with Crippen molar-refractivity contribution in [3.05, 3.63) is 29.3 Å². The fourth-order valence-corrected chi connectivity index (χ4v) is 2.35. The van der Waals surface area contributed by atoms with E-state index in [1.165, 1.54) is 4.70 Å². The van der Waals surface area contributed by atoms with Gasteiger partial charge in [0.05, 0.1) is 21.3 Å². The molecule has 0 N–H and O–H groups in total. The average Bonchev–Trinajstić information content (AvgIpc) is 2.60. The molecule has 0 aliphatic rings. The molecule has 0 saturated carbocycles. The average molecular weight is 202 g/mol. The lowest BCUT2D eigenvalue weighted by atomic mass is 10.2. The van der Waals surface area contributed by atoms with Crippen LogP contribution < -0.4 is 0 Å². The Kier molecular flexibility index (Phi) is 2.76. The van der Waals surface area contributed by atoms with Gasteiger partial charge in [-0.2, -0.15) is 5.26 Å². The van der Waals surface area contributed by atoms with Gasteiger partial charge in [-0.05, 0) is 18.6 Å². The lowest BCUT2D eigenvalue weighted by Crippen LogP contribution is -1.81. The van der Waals surface area contributed by atoms with Gasteiger partial charge in [0.25, 0.3) is 0 Å². The molecule has 1 aromatic heterocycles. The minimum atomic E-state index is 0.621. The number of nitrogens with zero attached hydrogens (tertiary/aromatic N) is 2. The Morgan fingerprint density at radius 2 is 2.21 bits per heavy atom. The molecule has 70 valence electrons. The monoisotopic (exact) mass is 202 g/mol. The predicted octanol–water partition coefficient (Wildman–Crippen LogP) is 3.14. The molecule has 1 heterocycles. The molecule has 2 rings (SSSR count). The Morgan fingerprint density at radius 1 is 1.36 bits per heavy atom. The first-order valence-corrected chi connectivity index (χ1v) is 5.43. The first kappa shape index (κ1) is 9.17. The number of thiazole rings is 1. The van der Waals surface area contributed by atoms with E-state index in [1.807, 2.05) is 18.2 Å². The second-order valence-corrected chi connectivity index (χ2v) is 4.20. The van der Waals surface area contributed by atoms with Crippen molar-refractivity contribution in [3.63, 3.8) is 0 Å². The SMILES string of the molecule is N#CCCCc1nc2ccccc2s1. The van der Waals surface area contributed by atoms with Crippen LogP contribution in [0.15, 0.2) is 24.3 Å². The van der Waals surface area contributed by atoms with Crippen molar-refractivity contribution in [2.75, 3.05) is 0 Å². The van der Waals surface area contributed by atoms with E-state index in [2.05, 4.69) is 17.1 Å². The minimum absolute atomic E-state index is 0.621. The van der Waals surface area contributed by atoms with Gasteiger partial charge in [-0.3, -0.25) is 0 Å². The third-order valence-corrected chi connectivity index (χ3v) is 3.11. The highest BCUT2D eigenvalue weighted by Crippen LogP contribution is 2.22. The smallest absolute Gasteiger partial charge is 0.0938 e. The highest BCUT2D eigenvalue weighted by atomic mass is 32.1. The topological polar surface area (TPSA) is 36.7 Å². The second kappa shape index (κ2) is 4.21. The van der Waals surface area contributed by atoms with Crippen LogP contribution >= 0.6 is 11.3 Å². The Hall–Kier alpha value is -1.40. The summed E-state index contributed by atoms with van der Waals surface area (Å²) in [6.07, 6.45) is 2.46. The normalized spacial score (nSPS) is 10.2. The molecular weight excluding hydrogens is 192 g/mol. The van der Waals surface area contributed by atoms with Crippen molar-refractivity contribution in [1.29, 1.82) is 5.26 Å². The van der Waals surface area contributed by atoms with E-state index in [9.17, 15) is 0 Å².